The Morgan fingerprint density at radius 1 is 1.52 bits per heavy atom. The van der Waals surface area contributed by atoms with Crippen LogP contribution in [0.5, 0.6) is 0 Å². The van der Waals surface area contributed by atoms with Crippen LogP contribution in [-0.4, -0.2) is 75.3 Å². The molecule has 10 nitrogen and oxygen atoms in total. The summed E-state index contributed by atoms with van der Waals surface area (Å²) in [4.78, 5) is 22.4. The maximum Gasteiger partial charge on any atom is 0.342 e. The first-order chi connectivity index (χ1) is 9.89. The molecule has 1 fully saturated rings. The molecule has 5 N–H and O–H groups in total. The zero-order chi connectivity index (χ0) is 16.0. The second-order valence-corrected chi connectivity index (χ2v) is 4.88. The van der Waals surface area contributed by atoms with Crippen LogP contribution in [0, 0.1) is 4.91 Å². The molecule has 1 saturated heterocycles. The van der Waals surface area contributed by atoms with Crippen molar-refractivity contribution in [2.45, 2.75) is 43.8 Å². The van der Waals surface area contributed by atoms with E-state index in [1.54, 1.807) is 0 Å². The molecule has 0 bridgehead atoms. The van der Waals surface area contributed by atoms with E-state index < -0.39 is 43.3 Å². The van der Waals surface area contributed by atoms with E-state index in [2.05, 4.69) is 5.29 Å². The lowest BCUT2D eigenvalue weighted by molar-refractivity contribution is -0.246. The lowest BCUT2D eigenvalue weighted by Gasteiger charge is -2.43. The molecule has 0 aromatic rings. The molecule has 1 heterocycles. The molecule has 122 valence electrons. The minimum atomic E-state index is -2.28. The number of aliphatic hydroxyl groups excluding tert-OH is 3. The molecular weight excluding hydrogens is 286 g/mol. The third-order valence-corrected chi connectivity index (χ3v) is 3.27. The number of hydrogen-bond donors (Lipinski definition) is 5. The molecule has 0 aromatic heterocycles. The van der Waals surface area contributed by atoms with Crippen LogP contribution in [0.1, 0.15) is 19.8 Å². The van der Waals surface area contributed by atoms with Crippen LogP contribution in [0.3, 0.4) is 0 Å². The van der Waals surface area contributed by atoms with E-state index in [0.29, 0.717) is 11.4 Å². The molecule has 0 spiro atoms. The highest BCUT2D eigenvalue weighted by Gasteiger charge is 2.49. The van der Waals surface area contributed by atoms with Crippen molar-refractivity contribution in [3.05, 3.63) is 4.91 Å². The Labute approximate surface area is 121 Å². The average molecular weight is 307 g/mol. The number of amides is 2. The second-order valence-electron chi connectivity index (χ2n) is 4.88. The summed E-state index contributed by atoms with van der Waals surface area (Å²) in [6, 6.07) is -1.02. The number of hydrogen-bond acceptors (Lipinski definition) is 8. The summed E-state index contributed by atoms with van der Waals surface area (Å²) in [5, 5.41) is 43.7. The highest BCUT2D eigenvalue weighted by molar-refractivity contribution is 5.74. The number of carbonyl (C=O) groups excluding carboxylic acids is 1. The SMILES string of the molecule is CCCCN(N=O)C(=O)N[C@@]1(O)CO[C@H](CO)[C@@H](O)[C@@H]1O. The van der Waals surface area contributed by atoms with E-state index in [9.17, 15) is 25.0 Å². The van der Waals surface area contributed by atoms with Crippen molar-refractivity contribution in [2.24, 2.45) is 5.29 Å². The highest BCUT2D eigenvalue weighted by atomic mass is 16.5. The number of rotatable bonds is 6. The van der Waals surface area contributed by atoms with Crippen LogP contribution in [0.2, 0.25) is 0 Å². The van der Waals surface area contributed by atoms with Crippen molar-refractivity contribution in [2.75, 3.05) is 19.8 Å². The predicted octanol–water partition coefficient (Wildman–Crippen LogP) is -1.72. The number of nitrogens with zero attached hydrogens (tertiary/aromatic N) is 2. The van der Waals surface area contributed by atoms with Gasteiger partial charge in [-0.05, 0) is 6.42 Å². The molecule has 2 amide bonds. The summed E-state index contributed by atoms with van der Waals surface area (Å²) < 4.78 is 4.97. The number of unbranched alkanes of at least 4 members (excludes halogenated alkanes) is 1. The Morgan fingerprint density at radius 2 is 2.19 bits per heavy atom. The van der Waals surface area contributed by atoms with Gasteiger partial charge in [0.1, 0.15) is 18.3 Å². The average Bonchev–Trinajstić information content (AvgIpc) is 2.46. The highest BCUT2D eigenvalue weighted by Crippen LogP contribution is 2.22. The van der Waals surface area contributed by atoms with Gasteiger partial charge in [-0.15, -0.1) is 4.91 Å². The summed E-state index contributed by atoms with van der Waals surface area (Å²) in [5.41, 5.74) is -2.28. The van der Waals surface area contributed by atoms with E-state index in [-0.39, 0.29) is 6.54 Å². The maximum atomic E-state index is 11.8. The largest absolute Gasteiger partial charge is 0.394 e. The van der Waals surface area contributed by atoms with Crippen molar-refractivity contribution in [3.63, 3.8) is 0 Å². The summed E-state index contributed by atoms with van der Waals surface area (Å²) in [7, 11) is 0. The monoisotopic (exact) mass is 307 g/mol. The fourth-order valence-electron chi connectivity index (χ4n) is 1.91. The standard InChI is InChI=1S/C11H21N3O7/c1-2-3-4-14(13-20)10(18)12-11(19)6-21-7(5-15)8(16)9(11)17/h7-9,15-17,19H,2-6H2,1H3,(H,12,18)/t7-,8-,9+,11-/m1/s1. The second kappa shape index (κ2) is 7.61. The summed E-state index contributed by atoms with van der Waals surface area (Å²) in [6.07, 6.45) is -3.19. The van der Waals surface area contributed by atoms with E-state index in [1.807, 2.05) is 12.2 Å². The summed E-state index contributed by atoms with van der Waals surface area (Å²) in [6.45, 7) is 0.808. The molecular formula is C11H21N3O7. The van der Waals surface area contributed by atoms with Crippen LogP contribution in [0.15, 0.2) is 5.29 Å². The van der Waals surface area contributed by atoms with Gasteiger partial charge in [0.25, 0.3) is 0 Å². The molecule has 1 rings (SSSR count). The molecule has 1 aliphatic heterocycles. The fourth-order valence-corrected chi connectivity index (χ4v) is 1.91. The quantitative estimate of drug-likeness (QED) is 0.222. The number of ether oxygens (including phenoxy) is 1. The first-order valence-electron chi connectivity index (χ1n) is 6.63. The Morgan fingerprint density at radius 3 is 2.71 bits per heavy atom. The third-order valence-electron chi connectivity index (χ3n) is 3.27. The van der Waals surface area contributed by atoms with Crippen LogP contribution in [0.25, 0.3) is 0 Å². The van der Waals surface area contributed by atoms with Crippen molar-refractivity contribution in [3.8, 4) is 0 Å². The molecule has 0 radical (unpaired) electrons. The Bertz CT molecular complexity index is 370. The van der Waals surface area contributed by atoms with Gasteiger partial charge in [0.2, 0.25) is 0 Å². The first kappa shape index (κ1) is 17.7. The fraction of sp³-hybridized carbons (Fsp3) is 0.909. The van der Waals surface area contributed by atoms with Crippen LogP contribution >= 0.6 is 0 Å². The van der Waals surface area contributed by atoms with E-state index in [1.165, 1.54) is 0 Å². The van der Waals surface area contributed by atoms with Crippen molar-refractivity contribution in [1.82, 2.24) is 10.3 Å². The van der Waals surface area contributed by atoms with Gasteiger partial charge >= 0.3 is 6.03 Å². The lowest BCUT2D eigenvalue weighted by Crippen LogP contribution is -2.70. The van der Waals surface area contributed by atoms with E-state index in [4.69, 9.17) is 9.84 Å². The molecule has 0 unspecified atom stereocenters. The molecule has 21 heavy (non-hydrogen) atoms. The van der Waals surface area contributed by atoms with E-state index >= 15 is 0 Å². The Balaban J connectivity index is 2.71. The van der Waals surface area contributed by atoms with Gasteiger partial charge < -0.3 is 30.5 Å². The van der Waals surface area contributed by atoms with Crippen molar-refractivity contribution in [1.29, 1.82) is 0 Å². The van der Waals surface area contributed by atoms with Gasteiger partial charge in [0.15, 0.2) is 5.72 Å². The first-order valence-corrected chi connectivity index (χ1v) is 6.63. The maximum absolute atomic E-state index is 11.8. The van der Waals surface area contributed by atoms with Gasteiger partial charge in [-0.1, -0.05) is 13.3 Å². The zero-order valence-electron chi connectivity index (χ0n) is 11.7. The Kier molecular flexibility index (Phi) is 6.42. The minimum absolute atomic E-state index is 0.0562. The number of nitrogens with one attached hydrogen (secondary N) is 1. The third kappa shape index (κ3) is 4.08. The van der Waals surface area contributed by atoms with Gasteiger partial charge in [-0.25, -0.2) is 4.79 Å². The number of carbonyl (C=O) groups is 1. The van der Waals surface area contributed by atoms with Crippen molar-refractivity contribution < 1.29 is 30.0 Å². The van der Waals surface area contributed by atoms with Crippen LogP contribution in [0.4, 0.5) is 4.79 Å². The van der Waals surface area contributed by atoms with Crippen LogP contribution in [-0.2, 0) is 4.74 Å². The van der Waals surface area contributed by atoms with Gasteiger partial charge in [-0.3, -0.25) is 0 Å². The zero-order valence-corrected chi connectivity index (χ0v) is 11.7. The molecule has 10 heteroatoms. The normalized spacial score (nSPS) is 32.5. The smallest absolute Gasteiger partial charge is 0.342 e. The topological polar surface area (TPSA) is 152 Å². The molecule has 0 aliphatic carbocycles. The lowest BCUT2D eigenvalue weighted by atomic mass is 9.95. The summed E-state index contributed by atoms with van der Waals surface area (Å²) >= 11 is 0. The number of urea groups is 1. The number of nitroso groups, excluding NO2 is 1. The van der Waals surface area contributed by atoms with Crippen molar-refractivity contribution >= 4 is 6.03 Å². The van der Waals surface area contributed by atoms with Gasteiger partial charge in [0.05, 0.1) is 18.5 Å². The molecule has 1 aliphatic rings. The molecule has 4 atom stereocenters. The molecule has 0 aromatic carbocycles. The van der Waals surface area contributed by atoms with Gasteiger partial charge in [-0.2, -0.15) is 5.01 Å². The predicted molar refractivity (Wildman–Crippen MR) is 69.7 cm³/mol. The van der Waals surface area contributed by atoms with Gasteiger partial charge in [0, 0.05) is 6.54 Å². The molecule has 0 saturated carbocycles. The van der Waals surface area contributed by atoms with E-state index in [0.717, 1.165) is 6.42 Å². The minimum Gasteiger partial charge on any atom is -0.394 e. The Hall–Kier alpha value is -1.33. The van der Waals surface area contributed by atoms with Crippen LogP contribution < -0.4 is 5.32 Å². The number of aliphatic hydroxyl groups is 4. The summed E-state index contributed by atoms with van der Waals surface area (Å²) in [5.74, 6) is 0.